The molecule has 0 aromatic heterocycles. The summed E-state index contributed by atoms with van der Waals surface area (Å²) in [4.78, 5) is 2.30. The molecule has 1 rings (SSSR count). The topological polar surface area (TPSA) is 61.8 Å². The van der Waals surface area contributed by atoms with E-state index in [-0.39, 0.29) is 11.7 Å². The van der Waals surface area contributed by atoms with E-state index in [0.29, 0.717) is 18.0 Å². The maximum atomic E-state index is 13.4. The molecule has 1 aromatic rings. The molecule has 0 unspecified atom stereocenters. The lowest BCUT2D eigenvalue weighted by molar-refractivity contribution is 0.226. The number of hydrogen-bond acceptors (Lipinski definition) is 3. The Morgan fingerprint density at radius 1 is 1.33 bits per heavy atom. The highest BCUT2D eigenvalue weighted by atomic mass is 19.1. The summed E-state index contributed by atoms with van der Waals surface area (Å²) >= 11 is 0. The van der Waals surface area contributed by atoms with Crippen LogP contribution in [0.2, 0.25) is 0 Å². The second kappa shape index (κ2) is 8.62. The summed E-state index contributed by atoms with van der Waals surface area (Å²) in [6.07, 6.45) is 2.28. The van der Waals surface area contributed by atoms with Gasteiger partial charge in [-0.1, -0.05) is 44.8 Å². The first-order chi connectivity index (χ1) is 10.0. The van der Waals surface area contributed by atoms with Crippen LogP contribution in [0.1, 0.15) is 44.7 Å². The van der Waals surface area contributed by atoms with Gasteiger partial charge in [0.15, 0.2) is 5.84 Å². The molecule has 21 heavy (non-hydrogen) atoms. The van der Waals surface area contributed by atoms with Crippen molar-refractivity contribution in [2.45, 2.75) is 40.2 Å². The molecule has 0 aliphatic heterocycles. The van der Waals surface area contributed by atoms with Crippen molar-refractivity contribution >= 4 is 5.84 Å². The normalized spacial score (nSPS) is 12.4. The van der Waals surface area contributed by atoms with E-state index in [4.69, 9.17) is 10.9 Å². The van der Waals surface area contributed by atoms with Gasteiger partial charge in [0.2, 0.25) is 0 Å². The SMILES string of the molecule is CCC(CC)CN(CC)Cc1ccc(F)cc1C(N)=NO. The molecule has 0 atom stereocenters. The summed E-state index contributed by atoms with van der Waals surface area (Å²) in [5, 5.41) is 11.8. The molecule has 0 aliphatic rings. The van der Waals surface area contributed by atoms with Crippen LogP contribution in [0.25, 0.3) is 0 Å². The summed E-state index contributed by atoms with van der Waals surface area (Å²) in [6.45, 7) is 9.07. The van der Waals surface area contributed by atoms with E-state index in [0.717, 1.165) is 31.5 Å². The monoisotopic (exact) mass is 295 g/mol. The average molecular weight is 295 g/mol. The predicted molar refractivity (Wildman–Crippen MR) is 83.9 cm³/mol. The van der Waals surface area contributed by atoms with Crippen LogP contribution in [0.5, 0.6) is 0 Å². The van der Waals surface area contributed by atoms with Crippen molar-refractivity contribution in [2.75, 3.05) is 13.1 Å². The number of oxime groups is 1. The third-order valence-electron chi connectivity index (χ3n) is 3.97. The van der Waals surface area contributed by atoms with Gasteiger partial charge in [-0.15, -0.1) is 0 Å². The zero-order valence-electron chi connectivity index (χ0n) is 13.1. The fourth-order valence-electron chi connectivity index (χ4n) is 2.44. The lowest BCUT2D eigenvalue weighted by Gasteiger charge is -2.26. The smallest absolute Gasteiger partial charge is 0.170 e. The maximum absolute atomic E-state index is 13.4. The largest absolute Gasteiger partial charge is 0.409 e. The van der Waals surface area contributed by atoms with Crippen molar-refractivity contribution in [1.29, 1.82) is 0 Å². The minimum absolute atomic E-state index is 0.0527. The second-order valence-electron chi connectivity index (χ2n) is 5.30. The summed E-state index contributed by atoms with van der Waals surface area (Å²) in [5.74, 6) is 0.212. The molecular formula is C16H26FN3O. The zero-order chi connectivity index (χ0) is 15.8. The molecule has 3 N–H and O–H groups in total. The van der Waals surface area contributed by atoms with Gasteiger partial charge in [0, 0.05) is 18.7 Å². The molecule has 0 spiro atoms. The van der Waals surface area contributed by atoms with Gasteiger partial charge in [0.25, 0.3) is 0 Å². The fourth-order valence-corrected chi connectivity index (χ4v) is 2.44. The van der Waals surface area contributed by atoms with Gasteiger partial charge in [-0.05, 0) is 30.2 Å². The Kier molecular flexibility index (Phi) is 7.15. The van der Waals surface area contributed by atoms with Crippen molar-refractivity contribution in [3.63, 3.8) is 0 Å². The molecule has 0 heterocycles. The van der Waals surface area contributed by atoms with E-state index in [1.54, 1.807) is 6.07 Å². The standard InChI is InChI=1S/C16H26FN3O/c1-4-12(5-2)10-20(6-3)11-13-7-8-14(17)9-15(13)16(18)19-21/h7-9,12,21H,4-6,10-11H2,1-3H3,(H2,18,19). The highest BCUT2D eigenvalue weighted by Crippen LogP contribution is 2.17. The van der Waals surface area contributed by atoms with Crippen LogP contribution in [0, 0.1) is 11.7 Å². The van der Waals surface area contributed by atoms with E-state index in [9.17, 15) is 4.39 Å². The number of rotatable bonds is 8. The Morgan fingerprint density at radius 2 is 2.00 bits per heavy atom. The first kappa shape index (κ1) is 17.4. The van der Waals surface area contributed by atoms with E-state index >= 15 is 0 Å². The van der Waals surface area contributed by atoms with Crippen LogP contribution in [0.4, 0.5) is 4.39 Å². The van der Waals surface area contributed by atoms with Crippen molar-refractivity contribution in [3.05, 3.63) is 35.1 Å². The molecule has 0 bridgehead atoms. The van der Waals surface area contributed by atoms with E-state index in [1.165, 1.54) is 12.1 Å². The van der Waals surface area contributed by atoms with Crippen LogP contribution in [-0.4, -0.2) is 29.0 Å². The molecule has 0 aliphatic carbocycles. The van der Waals surface area contributed by atoms with Crippen molar-refractivity contribution in [3.8, 4) is 0 Å². The highest BCUT2D eigenvalue weighted by Gasteiger charge is 2.14. The lowest BCUT2D eigenvalue weighted by Crippen LogP contribution is -2.30. The summed E-state index contributed by atoms with van der Waals surface area (Å²) < 4.78 is 13.4. The fraction of sp³-hybridized carbons (Fsp3) is 0.562. The van der Waals surface area contributed by atoms with E-state index < -0.39 is 0 Å². The molecule has 118 valence electrons. The van der Waals surface area contributed by atoms with Crippen molar-refractivity contribution < 1.29 is 9.60 Å². The Morgan fingerprint density at radius 3 is 2.52 bits per heavy atom. The zero-order valence-corrected chi connectivity index (χ0v) is 13.1. The van der Waals surface area contributed by atoms with Gasteiger partial charge in [-0.25, -0.2) is 4.39 Å². The quantitative estimate of drug-likeness (QED) is 0.335. The van der Waals surface area contributed by atoms with Crippen molar-refractivity contribution in [2.24, 2.45) is 16.8 Å². The maximum Gasteiger partial charge on any atom is 0.170 e. The minimum Gasteiger partial charge on any atom is -0.409 e. The van der Waals surface area contributed by atoms with Gasteiger partial charge < -0.3 is 10.9 Å². The van der Waals surface area contributed by atoms with Gasteiger partial charge in [0.05, 0.1) is 0 Å². The molecule has 0 fully saturated rings. The molecule has 4 nitrogen and oxygen atoms in total. The summed E-state index contributed by atoms with van der Waals surface area (Å²) in [7, 11) is 0. The minimum atomic E-state index is -0.386. The Hall–Kier alpha value is -1.62. The van der Waals surface area contributed by atoms with Crippen LogP contribution in [0.3, 0.4) is 0 Å². The summed E-state index contributed by atoms with van der Waals surface area (Å²) in [6, 6.07) is 4.43. The molecular weight excluding hydrogens is 269 g/mol. The number of nitrogens with zero attached hydrogens (tertiary/aromatic N) is 2. The second-order valence-corrected chi connectivity index (χ2v) is 5.30. The molecule has 0 radical (unpaired) electrons. The molecule has 5 heteroatoms. The van der Waals surface area contributed by atoms with Gasteiger partial charge in [-0.3, -0.25) is 4.90 Å². The van der Waals surface area contributed by atoms with Crippen LogP contribution in [0.15, 0.2) is 23.4 Å². The van der Waals surface area contributed by atoms with E-state index in [2.05, 4.69) is 30.8 Å². The van der Waals surface area contributed by atoms with Gasteiger partial charge in [-0.2, -0.15) is 0 Å². The van der Waals surface area contributed by atoms with Crippen LogP contribution >= 0.6 is 0 Å². The molecule has 0 saturated heterocycles. The van der Waals surface area contributed by atoms with Crippen LogP contribution in [-0.2, 0) is 6.54 Å². The highest BCUT2D eigenvalue weighted by molar-refractivity contribution is 5.98. The number of amidine groups is 1. The van der Waals surface area contributed by atoms with Gasteiger partial charge >= 0.3 is 0 Å². The Balaban J connectivity index is 2.94. The number of hydrogen-bond donors (Lipinski definition) is 2. The Labute approximate surface area is 126 Å². The predicted octanol–water partition coefficient (Wildman–Crippen LogP) is 3.18. The average Bonchev–Trinajstić information content (AvgIpc) is 2.51. The van der Waals surface area contributed by atoms with Gasteiger partial charge in [0.1, 0.15) is 5.82 Å². The first-order valence-electron chi connectivity index (χ1n) is 7.54. The third kappa shape index (κ3) is 5.01. The van der Waals surface area contributed by atoms with E-state index in [1.807, 2.05) is 0 Å². The van der Waals surface area contributed by atoms with Crippen LogP contribution < -0.4 is 5.73 Å². The first-order valence-corrected chi connectivity index (χ1v) is 7.54. The number of halogens is 1. The summed E-state index contributed by atoms with van der Waals surface area (Å²) in [5.41, 5.74) is 6.98. The lowest BCUT2D eigenvalue weighted by atomic mass is 10.0. The third-order valence-corrected chi connectivity index (χ3v) is 3.97. The number of nitrogens with two attached hydrogens (primary N) is 1. The molecule has 1 aromatic carbocycles. The molecule has 0 saturated carbocycles. The molecule has 0 amide bonds. The van der Waals surface area contributed by atoms with Crippen molar-refractivity contribution in [1.82, 2.24) is 4.90 Å². The Bertz CT molecular complexity index is 473. The number of benzene rings is 1.